The van der Waals surface area contributed by atoms with Gasteiger partial charge in [-0.05, 0) is 42.3 Å². The number of hydrogen-bond acceptors (Lipinski definition) is 5. The number of ether oxygens (including phenoxy) is 1. The first-order chi connectivity index (χ1) is 13.4. The van der Waals surface area contributed by atoms with Crippen LogP contribution in [-0.4, -0.2) is 38.7 Å². The van der Waals surface area contributed by atoms with Crippen LogP contribution >= 0.6 is 0 Å². The molecule has 0 saturated carbocycles. The largest absolute Gasteiger partial charge is 0.452 e. The molecule has 1 atom stereocenters. The van der Waals surface area contributed by atoms with Crippen molar-refractivity contribution >= 4 is 27.4 Å². The molecule has 2 aromatic rings. The molecule has 0 N–H and O–H groups in total. The molecule has 1 aliphatic rings. The van der Waals surface area contributed by atoms with E-state index in [2.05, 4.69) is 0 Å². The molecule has 0 saturated heterocycles. The molecular formula is C21H21NO5S. The Kier molecular flexibility index (Phi) is 5.94. The third kappa shape index (κ3) is 4.67. The smallest absolute Gasteiger partial charge is 0.338 e. The zero-order valence-electron chi connectivity index (χ0n) is 15.4. The molecule has 0 bridgehead atoms. The molecule has 1 aliphatic heterocycles. The number of benzene rings is 2. The van der Waals surface area contributed by atoms with Crippen LogP contribution in [0.3, 0.4) is 0 Å². The average molecular weight is 399 g/mol. The Morgan fingerprint density at radius 2 is 1.75 bits per heavy atom. The van der Waals surface area contributed by atoms with E-state index in [-0.39, 0.29) is 5.75 Å². The number of rotatable bonds is 6. The topological polar surface area (TPSA) is 80.8 Å². The molecule has 0 aromatic heterocycles. The van der Waals surface area contributed by atoms with Gasteiger partial charge < -0.3 is 9.64 Å². The Morgan fingerprint density at radius 1 is 1.07 bits per heavy atom. The molecule has 7 heteroatoms. The van der Waals surface area contributed by atoms with Crippen molar-refractivity contribution in [3.05, 3.63) is 77.2 Å². The molecule has 0 spiro atoms. The van der Waals surface area contributed by atoms with E-state index < -0.39 is 34.4 Å². The van der Waals surface area contributed by atoms with Crippen LogP contribution in [0.25, 0.3) is 0 Å². The molecule has 0 aliphatic carbocycles. The van der Waals surface area contributed by atoms with Gasteiger partial charge in [-0.1, -0.05) is 37.3 Å². The average Bonchev–Trinajstić information content (AvgIpc) is 3.06. The lowest BCUT2D eigenvalue weighted by Gasteiger charge is -2.27. The van der Waals surface area contributed by atoms with E-state index in [9.17, 15) is 18.0 Å². The lowest BCUT2D eigenvalue weighted by Crippen LogP contribution is -2.43. The predicted octanol–water partition coefficient (Wildman–Crippen LogP) is 2.75. The zero-order valence-corrected chi connectivity index (χ0v) is 16.3. The molecule has 2 aromatic carbocycles. The van der Waals surface area contributed by atoms with Crippen LogP contribution in [0, 0.1) is 0 Å². The summed E-state index contributed by atoms with van der Waals surface area (Å²) in [5.74, 6) is -1.28. The van der Waals surface area contributed by atoms with Crippen LogP contribution < -0.4 is 4.90 Å². The van der Waals surface area contributed by atoms with Crippen molar-refractivity contribution in [1.82, 2.24) is 0 Å². The van der Waals surface area contributed by atoms with E-state index in [1.165, 1.54) is 11.0 Å². The number of carbonyl (C=O) groups excluding carboxylic acids is 2. The number of para-hydroxylation sites is 1. The van der Waals surface area contributed by atoms with Gasteiger partial charge in [-0.15, -0.1) is 0 Å². The zero-order chi connectivity index (χ0) is 20.1. The minimum atomic E-state index is -3.35. The molecule has 28 heavy (non-hydrogen) atoms. The van der Waals surface area contributed by atoms with E-state index >= 15 is 0 Å². The van der Waals surface area contributed by atoms with Gasteiger partial charge in [-0.3, -0.25) is 4.79 Å². The van der Waals surface area contributed by atoms with Gasteiger partial charge in [-0.25, -0.2) is 13.2 Å². The van der Waals surface area contributed by atoms with Gasteiger partial charge in [0.25, 0.3) is 5.91 Å². The summed E-state index contributed by atoms with van der Waals surface area (Å²) >= 11 is 0. The monoisotopic (exact) mass is 399 g/mol. The number of esters is 1. The molecule has 0 radical (unpaired) electrons. The minimum Gasteiger partial charge on any atom is -0.452 e. The molecule has 1 amide bonds. The van der Waals surface area contributed by atoms with Crippen LogP contribution in [0.2, 0.25) is 0 Å². The Hall–Kier alpha value is -2.93. The lowest BCUT2D eigenvalue weighted by atomic mass is 10.1. The van der Waals surface area contributed by atoms with Crippen molar-refractivity contribution in [2.75, 3.05) is 17.3 Å². The summed E-state index contributed by atoms with van der Waals surface area (Å²) in [5, 5.41) is 1.11. The van der Waals surface area contributed by atoms with Crippen molar-refractivity contribution in [3.8, 4) is 0 Å². The SMILES string of the molecule is CCc1ccc(C(=O)OCC(=O)N(c2ccccc2)C2C=CS(=O)(=O)C2)cc1. The molecule has 146 valence electrons. The Balaban J connectivity index is 1.72. The van der Waals surface area contributed by atoms with Crippen molar-refractivity contribution in [2.45, 2.75) is 19.4 Å². The first kappa shape index (κ1) is 19.8. The second-order valence-corrected chi connectivity index (χ2v) is 8.38. The number of hydrogen-bond donors (Lipinski definition) is 0. The predicted molar refractivity (Wildman–Crippen MR) is 107 cm³/mol. The van der Waals surface area contributed by atoms with E-state index in [0.29, 0.717) is 11.3 Å². The van der Waals surface area contributed by atoms with Crippen molar-refractivity contribution < 1.29 is 22.7 Å². The number of amides is 1. The van der Waals surface area contributed by atoms with Gasteiger partial charge in [0.2, 0.25) is 0 Å². The van der Waals surface area contributed by atoms with E-state index in [1.54, 1.807) is 42.5 Å². The lowest BCUT2D eigenvalue weighted by molar-refractivity contribution is -0.121. The maximum atomic E-state index is 12.8. The molecule has 1 heterocycles. The van der Waals surface area contributed by atoms with Gasteiger partial charge in [-0.2, -0.15) is 0 Å². The maximum absolute atomic E-state index is 12.8. The van der Waals surface area contributed by atoms with Crippen molar-refractivity contribution in [2.24, 2.45) is 0 Å². The Labute approximate surface area is 164 Å². The highest BCUT2D eigenvalue weighted by Gasteiger charge is 2.31. The third-order valence-electron chi connectivity index (χ3n) is 4.47. The standard InChI is InChI=1S/C21H21NO5S/c1-2-16-8-10-17(11-9-16)21(24)27-14-20(23)22(18-6-4-3-5-7-18)19-12-13-28(25,26)15-19/h3-13,19H,2,14-15H2,1H3. The Morgan fingerprint density at radius 3 is 2.32 bits per heavy atom. The highest BCUT2D eigenvalue weighted by Crippen LogP contribution is 2.23. The summed E-state index contributed by atoms with van der Waals surface area (Å²) in [7, 11) is -3.35. The fraction of sp³-hybridized carbons (Fsp3) is 0.238. The van der Waals surface area contributed by atoms with Gasteiger partial charge in [0.1, 0.15) is 0 Å². The molecule has 0 fully saturated rings. The highest BCUT2D eigenvalue weighted by molar-refractivity contribution is 7.94. The van der Waals surface area contributed by atoms with Crippen LogP contribution in [0.1, 0.15) is 22.8 Å². The van der Waals surface area contributed by atoms with Crippen LogP contribution in [-0.2, 0) is 25.8 Å². The second kappa shape index (κ2) is 8.39. The molecule has 3 rings (SSSR count). The van der Waals surface area contributed by atoms with Crippen molar-refractivity contribution in [3.63, 3.8) is 0 Å². The first-order valence-corrected chi connectivity index (χ1v) is 10.7. The number of sulfone groups is 1. The first-order valence-electron chi connectivity index (χ1n) is 8.94. The van der Waals surface area contributed by atoms with Gasteiger partial charge in [0.15, 0.2) is 16.4 Å². The van der Waals surface area contributed by atoms with Gasteiger partial charge >= 0.3 is 5.97 Å². The second-order valence-electron chi connectivity index (χ2n) is 6.45. The Bertz CT molecular complexity index is 981. The quantitative estimate of drug-likeness (QED) is 0.698. The highest BCUT2D eigenvalue weighted by atomic mass is 32.2. The molecule has 1 unspecified atom stereocenters. The summed E-state index contributed by atoms with van der Waals surface area (Å²) in [6.45, 7) is 1.54. The van der Waals surface area contributed by atoms with Gasteiger partial charge in [0.05, 0.1) is 17.4 Å². The summed E-state index contributed by atoms with van der Waals surface area (Å²) in [5.41, 5.74) is 2.00. The van der Waals surface area contributed by atoms with Gasteiger partial charge in [0, 0.05) is 11.1 Å². The molecule has 6 nitrogen and oxygen atoms in total. The number of anilines is 1. The number of aryl methyl sites for hydroxylation is 1. The molecular weight excluding hydrogens is 378 g/mol. The van der Waals surface area contributed by atoms with Crippen LogP contribution in [0.5, 0.6) is 0 Å². The van der Waals surface area contributed by atoms with Crippen molar-refractivity contribution in [1.29, 1.82) is 0 Å². The fourth-order valence-electron chi connectivity index (χ4n) is 2.99. The summed E-state index contributed by atoms with van der Waals surface area (Å²) in [6.07, 6.45) is 2.34. The summed E-state index contributed by atoms with van der Waals surface area (Å²) in [6, 6.07) is 15.1. The third-order valence-corrected chi connectivity index (χ3v) is 5.85. The normalized spacial score (nSPS) is 17.2. The van der Waals surface area contributed by atoms with Crippen LogP contribution in [0.15, 0.2) is 66.1 Å². The summed E-state index contributed by atoms with van der Waals surface area (Å²) < 4.78 is 28.8. The number of nitrogens with zero attached hydrogens (tertiary/aromatic N) is 1. The minimum absolute atomic E-state index is 0.194. The van der Waals surface area contributed by atoms with Crippen LogP contribution in [0.4, 0.5) is 5.69 Å². The van der Waals surface area contributed by atoms with E-state index in [0.717, 1.165) is 17.4 Å². The van der Waals surface area contributed by atoms with E-state index in [1.807, 2.05) is 19.1 Å². The fourth-order valence-corrected chi connectivity index (χ4v) is 4.25. The summed E-state index contributed by atoms with van der Waals surface area (Å²) in [4.78, 5) is 26.4. The number of carbonyl (C=O) groups is 2. The maximum Gasteiger partial charge on any atom is 0.338 e. The van der Waals surface area contributed by atoms with E-state index in [4.69, 9.17) is 4.74 Å².